The lowest BCUT2D eigenvalue weighted by molar-refractivity contribution is 0.474. The SMILES string of the molecule is Cc1cc(O)ccc1-c1ccc2c(c1-c1ccc(O)cc1C)Cc1ccccc1-2. The molecule has 5 rings (SSSR count). The standard InChI is InChI=1S/C27H22O2/c1-16-13-19(28)7-9-21(16)25-12-11-24-23-6-4-3-5-18(23)15-26(24)27(25)22-10-8-20(29)14-17(22)2/h3-14,28-29H,15H2,1-2H3. The van der Waals surface area contributed by atoms with Crippen LogP contribution in [0.2, 0.25) is 0 Å². The average molecular weight is 378 g/mol. The molecule has 1 aliphatic carbocycles. The molecular weight excluding hydrogens is 356 g/mol. The van der Waals surface area contributed by atoms with Gasteiger partial charge in [-0.1, -0.05) is 48.5 Å². The molecule has 0 amide bonds. The lowest BCUT2D eigenvalue weighted by Gasteiger charge is -2.19. The zero-order valence-corrected chi connectivity index (χ0v) is 16.5. The van der Waals surface area contributed by atoms with Crippen molar-refractivity contribution in [2.24, 2.45) is 0 Å². The van der Waals surface area contributed by atoms with Crippen LogP contribution in [0, 0.1) is 13.8 Å². The second-order valence-electron chi connectivity index (χ2n) is 7.85. The van der Waals surface area contributed by atoms with E-state index in [0.717, 1.165) is 34.2 Å². The number of aryl methyl sites for hydroxylation is 2. The number of benzene rings is 4. The van der Waals surface area contributed by atoms with Crippen LogP contribution in [-0.4, -0.2) is 10.2 Å². The molecule has 0 fully saturated rings. The summed E-state index contributed by atoms with van der Waals surface area (Å²) in [6.07, 6.45) is 0.895. The molecule has 0 atom stereocenters. The molecular formula is C27H22O2. The molecule has 0 heterocycles. The molecule has 0 saturated carbocycles. The maximum absolute atomic E-state index is 9.95. The van der Waals surface area contributed by atoms with Crippen molar-refractivity contribution in [2.75, 3.05) is 0 Å². The maximum atomic E-state index is 9.95. The minimum Gasteiger partial charge on any atom is -0.508 e. The number of hydrogen-bond acceptors (Lipinski definition) is 2. The zero-order valence-electron chi connectivity index (χ0n) is 16.5. The summed E-state index contributed by atoms with van der Waals surface area (Å²) in [6, 6.07) is 24.2. The van der Waals surface area contributed by atoms with Crippen LogP contribution >= 0.6 is 0 Å². The van der Waals surface area contributed by atoms with Gasteiger partial charge in [-0.2, -0.15) is 0 Å². The number of rotatable bonds is 2. The summed E-state index contributed by atoms with van der Waals surface area (Å²) in [5, 5.41) is 19.8. The van der Waals surface area contributed by atoms with Gasteiger partial charge < -0.3 is 10.2 Å². The van der Waals surface area contributed by atoms with Gasteiger partial charge in [-0.3, -0.25) is 0 Å². The van der Waals surface area contributed by atoms with Gasteiger partial charge in [0.05, 0.1) is 0 Å². The van der Waals surface area contributed by atoms with Crippen molar-refractivity contribution in [3.05, 3.63) is 95.1 Å². The normalized spacial score (nSPS) is 11.9. The van der Waals surface area contributed by atoms with Crippen LogP contribution in [-0.2, 0) is 6.42 Å². The molecule has 0 unspecified atom stereocenters. The van der Waals surface area contributed by atoms with Crippen LogP contribution < -0.4 is 0 Å². The van der Waals surface area contributed by atoms with E-state index in [0.29, 0.717) is 0 Å². The van der Waals surface area contributed by atoms with Crippen LogP contribution in [0.4, 0.5) is 0 Å². The van der Waals surface area contributed by atoms with E-state index in [1.807, 2.05) is 38.1 Å². The third-order valence-electron chi connectivity index (χ3n) is 5.97. The van der Waals surface area contributed by atoms with Crippen molar-refractivity contribution in [1.29, 1.82) is 0 Å². The first-order valence-electron chi connectivity index (χ1n) is 9.87. The van der Waals surface area contributed by atoms with Gasteiger partial charge in [0.2, 0.25) is 0 Å². The molecule has 0 spiro atoms. The summed E-state index contributed by atoms with van der Waals surface area (Å²) < 4.78 is 0. The molecule has 29 heavy (non-hydrogen) atoms. The van der Waals surface area contributed by atoms with Gasteiger partial charge in [0.15, 0.2) is 0 Å². The molecule has 2 N–H and O–H groups in total. The lowest BCUT2D eigenvalue weighted by Crippen LogP contribution is -1.96. The van der Waals surface area contributed by atoms with Gasteiger partial charge in [0.25, 0.3) is 0 Å². The van der Waals surface area contributed by atoms with Crippen LogP contribution in [0.1, 0.15) is 22.3 Å². The molecule has 4 aromatic carbocycles. The highest BCUT2D eigenvalue weighted by molar-refractivity contribution is 5.95. The Morgan fingerprint density at radius 2 is 1.17 bits per heavy atom. The summed E-state index contributed by atoms with van der Waals surface area (Å²) in [6.45, 7) is 4.08. The first-order valence-corrected chi connectivity index (χ1v) is 9.87. The van der Waals surface area contributed by atoms with E-state index >= 15 is 0 Å². The fourth-order valence-electron chi connectivity index (χ4n) is 4.62. The smallest absolute Gasteiger partial charge is 0.115 e. The van der Waals surface area contributed by atoms with E-state index in [2.05, 4.69) is 36.4 Å². The molecule has 4 aromatic rings. The van der Waals surface area contributed by atoms with E-state index < -0.39 is 0 Å². The van der Waals surface area contributed by atoms with Gasteiger partial charge in [0, 0.05) is 0 Å². The van der Waals surface area contributed by atoms with E-state index in [1.54, 1.807) is 12.1 Å². The Bertz CT molecular complexity index is 1270. The summed E-state index contributed by atoms with van der Waals surface area (Å²) in [4.78, 5) is 0. The predicted octanol–water partition coefficient (Wildman–Crippen LogP) is 6.62. The highest BCUT2D eigenvalue weighted by atomic mass is 16.3. The van der Waals surface area contributed by atoms with Crippen LogP contribution in [0.15, 0.2) is 72.8 Å². The van der Waals surface area contributed by atoms with Crippen molar-refractivity contribution in [1.82, 2.24) is 0 Å². The molecule has 142 valence electrons. The quantitative estimate of drug-likeness (QED) is 0.362. The van der Waals surface area contributed by atoms with Gasteiger partial charge >= 0.3 is 0 Å². The number of hydrogen-bond donors (Lipinski definition) is 2. The average Bonchev–Trinajstić information content (AvgIpc) is 3.07. The molecule has 0 saturated heterocycles. The first kappa shape index (κ1) is 17.6. The van der Waals surface area contributed by atoms with Crippen molar-refractivity contribution in [3.8, 4) is 44.9 Å². The summed E-state index contributed by atoms with van der Waals surface area (Å²) in [5.74, 6) is 0.562. The Labute approximate surface area is 170 Å². The fourth-order valence-corrected chi connectivity index (χ4v) is 4.62. The number of fused-ring (bicyclic) bond motifs is 3. The largest absolute Gasteiger partial charge is 0.508 e. The molecule has 1 aliphatic rings. The van der Waals surface area contributed by atoms with E-state index in [1.165, 1.54) is 27.8 Å². The number of phenolic OH excluding ortho intramolecular Hbond substituents is 2. The minimum absolute atomic E-state index is 0.280. The Balaban J connectivity index is 1.84. The van der Waals surface area contributed by atoms with Crippen molar-refractivity contribution in [3.63, 3.8) is 0 Å². The third-order valence-corrected chi connectivity index (χ3v) is 5.97. The van der Waals surface area contributed by atoms with Crippen LogP contribution in [0.3, 0.4) is 0 Å². The molecule has 0 aromatic heterocycles. The van der Waals surface area contributed by atoms with Crippen molar-refractivity contribution < 1.29 is 10.2 Å². The number of aromatic hydroxyl groups is 2. The Morgan fingerprint density at radius 3 is 1.86 bits per heavy atom. The van der Waals surface area contributed by atoms with Crippen LogP contribution in [0.5, 0.6) is 11.5 Å². The minimum atomic E-state index is 0.280. The third kappa shape index (κ3) is 2.80. The maximum Gasteiger partial charge on any atom is 0.115 e. The van der Waals surface area contributed by atoms with Crippen LogP contribution in [0.25, 0.3) is 33.4 Å². The molecule has 2 nitrogen and oxygen atoms in total. The van der Waals surface area contributed by atoms with Crippen molar-refractivity contribution >= 4 is 0 Å². The summed E-state index contributed by atoms with van der Waals surface area (Å²) in [7, 11) is 0. The topological polar surface area (TPSA) is 40.5 Å². The molecule has 0 radical (unpaired) electrons. The highest BCUT2D eigenvalue weighted by Gasteiger charge is 2.25. The fraction of sp³-hybridized carbons (Fsp3) is 0.111. The first-order chi connectivity index (χ1) is 14.0. The Morgan fingerprint density at radius 1 is 0.586 bits per heavy atom. The van der Waals surface area contributed by atoms with E-state index in [9.17, 15) is 10.2 Å². The second-order valence-corrected chi connectivity index (χ2v) is 7.85. The van der Waals surface area contributed by atoms with Gasteiger partial charge in [0.1, 0.15) is 11.5 Å². The lowest BCUT2D eigenvalue weighted by atomic mass is 9.85. The molecule has 2 heteroatoms. The Kier molecular flexibility index (Phi) is 3.95. The monoisotopic (exact) mass is 378 g/mol. The van der Waals surface area contributed by atoms with Gasteiger partial charge in [-0.15, -0.1) is 0 Å². The molecule has 0 aliphatic heterocycles. The Hall–Kier alpha value is -3.52. The highest BCUT2D eigenvalue weighted by Crippen LogP contribution is 2.47. The predicted molar refractivity (Wildman–Crippen MR) is 118 cm³/mol. The second kappa shape index (κ2) is 6.52. The van der Waals surface area contributed by atoms with E-state index in [4.69, 9.17) is 0 Å². The summed E-state index contributed by atoms with van der Waals surface area (Å²) in [5.41, 5.74) is 12.0. The van der Waals surface area contributed by atoms with Gasteiger partial charge in [-0.05, 0) is 100 Å². The number of phenols is 2. The van der Waals surface area contributed by atoms with Crippen molar-refractivity contribution in [2.45, 2.75) is 20.3 Å². The zero-order chi connectivity index (χ0) is 20.1. The van der Waals surface area contributed by atoms with E-state index in [-0.39, 0.29) is 11.5 Å². The summed E-state index contributed by atoms with van der Waals surface area (Å²) >= 11 is 0. The molecule has 0 bridgehead atoms. The van der Waals surface area contributed by atoms with Gasteiger partial charge in [-0.25, -0.2) is 0 Å².